The van der Waals surface area contributed by atoms with Gasteiger partial charge < -0.3 is 15.1 Å². The molecule has 2 aromatic carbocycles. The summed E-state index contributed by atoms with van der Waals surface area (Å²) in [4.78, 5) is 2.19. The van der Waals surface area contributed by atoms with Gasteiger partial charge in [0.15, 0.2) is 0 Å². The molecule has 1 unspecified atom stereocenters. The Hall–Kier alpha value is -1.75. The zero-order valence-electron chi connectivity index (χ0n) is 13.7. The predicted octanol–water partition coefficient (Wildman–Crippen LogP) is 3.23. The van der Waals surface area contributed by atoms with Gasteiger partial charge in [-0.1, -0.05) is 42.5 Å². The second kappa shape index (κ2) is 7.88. The van der Waals surface area contributed by atoms with Gasteiger partial charge >= 0.3 is 0 Å². The molecule has 3 rings (SSSR count). The zero-order chi connectivity index (χ0) is 16.9. The molecule has 24 heavy (non-hydrogen) atoms. The predicted molar refractivity (Wildman–Crippen MR) is 92.1 cm³/mol. The van der Waals surface area contributed by atoms with Crippen LogP contribution in [0.3, 0.4) is 0 Å². The van der Waals surface area contributed by atoms with Crippen LogP contribution in [0.1, 0.15) is 41.6 Å². The minimum absolute atomic E-state index is 0.0718. The number of halogens is 1. The first-order chi connectivity index (χ1) is 11.7. The highest BCUT2D eigenvalue weighted by Crippen LogP contribution is 2.31. The van der Waals surface area contributed by atoms with Crippen molar-refractivity contribution in [3.63, 3.8) is 0 Å². The van der Waals surface area contributed by atoms with Crippen LogP contribution in [0.5, 0.6) is 0 Å². The molecule has 1 heterocycles. The first kappa shape index (κ1) is 17.1. The highest BCUT2D eigenvalue weighted by molar-refractivity contribution is 5.30. The van der Waals surface area contributed by atoms with E-state index in [1.54, 1.807) is 18.2 Å². The van der Waals surface area contributed by atoms with Crippen LogP contribution in [0.2, 0.25) is 0 Å². The molecule has 0 spiro atoms. The number of benzene rings is 2. The quantitative estimate of drug-likeness (QED) is 0.885. The highest BCUT2D eigenvalue weighted by atomic mass is 19.1. The third kappa shape index (κ3) is 3.83. The van der Waals surface area contributed by atoms with Crippen LogP contribution in [-0.2, 0) is 6.61 Å². The summed E-state index contributed by atoms with van der Waals surface area (Å²) in [5.74, 6) is 0.0898. The Morgan fingerprint density at radius 1 is 1.04 bits per heavy atom. The van der Waals surface area contributed by atoms with Crippen molar-refractivity contribution in [3.8, 4) is 0 Å². The van der Waals surface area contributed by atoms with E-state index in [9.17, 15) is 14.6 Å². The molecule has 1 saturated heterocycles. The number of nitrogens with zero attached hydrogens (tertiary/aromatic N) is 1. The molecule has 0 saturated carbocycles. The summed E-state index contributed by atoms with van der Waals surface area (Å²) >= 11 is 0. The van der Waals surface area contributed by atoms with Crippen molar-refractivity contribution in [1.82, 2.24) is 4.90 Å². The van der Waals surface area contributed by atoms with Crippen LogP contribution in [0, 0.1) is 5.82 Å². The number of aliphatic hydroxyl groups excluding tert-OH is 2. The smallest absolute Gasteiger partial charge is 0.129 e. The molecule has 4 heteroatoms. The van der Waals surface area contributed by atoms with Gasteiger partial charge in [-0.15, -0.1) is 0 Å². The van der Waals surface area contributed by atoms with E-state index in [0.29, 0.717) is 18.0 Å². The van der Waals surface area contributed by atoms with Crippen molar-refractivity contribution < 1.29 is 14.6 Å². The van der Waals surface area contributed by atoms with E-state index in [2.05, 4.69) is 11.0 Å². The highest BCUT2D eigenvalue weighted by Gasteiger charge is 2.24. The van der Waals surface area contributed by atoms with Crippen LogP contribution in [0.15, 0.2) is 48.5 Å². The molecular weight excluding hydrogens is 305 g/mol. The molecule has 2 N–H and O–H groups in total. The third-order valence-electron chi connectivity index (χ3n) is 4.95. The molecule has 3 nitrogen and oxygen atoms in total. The van der Waals surface area contributed by atoms with Crippen LogP contribution in [0.4, 0.5) is 4.39 Å². The fourth-order valence-corrected chi connectivity index (χ4v) is 3.59. The Balaban J connectivity index is 1.58. The summed E-state index contributed by atoms with van der Waals surface area (Å²) in [6.07, 6.45) is 1.18. The first-order valence-electron chi connectivity index (χ1n) is 8.52. The van der Waals surface area contributed by atoms with E-state index < -0.39 is 6.10 Å². The Morgan fingerprint density at radius 2 is 1.71 bits per heavy atom. The molecule has 128 valence electrons. The van der Waals surface area contributed by atoms with E-state index >= 15 is 0 Å². The van der Waals surface area contributed by atoms with Crippen LogP contribution >= 0.6 is 0 Å². The molecule has 0 bridgehead atoms. The maximum atomic E-state index is 13.8. The number of hydrogen-bond acceptors (Lipinski definition) is 3. The molecule has 1 aliphatic rings. The molecule has 2 aromatic rings. The number of hydrogen-bond donors (Lipinski definition) is 2. The number of aliphatic hydroxyl groups is 2. The minimum atomic E-state index is -0.799. The lowest BCUT2D eigenvalue weighted by atomic mass is 9.86. The summed E-state index contributed by atoms with van der Waals surface area (Å²) in [5, 5.41) is 19.8. The van der Waals surface area contributed by atoms with Gasteiger partial charge in [0.25, 0.3) is 0 Å². The van der Waals surface area contributed by atoms with Crippen molar-refractivity contribution in [2.75, 3.05) is 19.6 Å². The number of rotatable bonds is 5. The van der Waals surface area contributed by atoms with Gasteiger partial charge in [-0.25, -0.2) is 4.39 Å². The van der Waals surface area contributed by atoms with E-state index in [1.165, 1.54) is 11.6 Å². The number of β-amino-alcohol motifs (C(OH)–C–C–N with tert-alkyl or cyclic N) is 1. The third-order valence-corrected chi connectivity index (χ3v) is 4.95. The molecule has 0 aliphatic carbocycles. The second-order valence-corrected chi connectivity index (χ2v) is 6.47. The first-order valence-corrected chi connectivity index (χ1v) is 8.52. The topological polar surface area (TPSA) is 43.7 Å². The summed E-state index contributed by atoms with van der Waals surface area (Å²) in [6, 6.07) is 14.5. The molecule has 0 amide bonds. The summed E-state index contributed by atoms with van der Waals surface area (Å²) in [7, 11) is 0. The van der Waals surface area contributed by atoms with Gasteiger partial charge in [-0.3, -0.25) is 0 Å². The average molecular weight is 329 g/mol. The fraction of sp³-hybridized carbons (Fsp3) is 0.400. The van der Waals surface area contributed by atoms with Gasteiger partial charge in [-0.05, 0) is 49.0 Å². The SMILES string of the molecule is OCc1ccccc1C1CCN(CC(O)c2ccccc2F)CC1. The lowest BCUT2D eigenvalue weighted by Gasteiger charge is -2.34. The van der Waals surface area contributed by atoms with E-state index in [1.807, 2.05) is 18.2 Å². The molecule has 1 fully saturated rings. The maximum Gasteiger partial charge on any atom is 0.129 e. The van der Waals surface area contributed by atoms with Gasteiger partial charge in [0.05, 0.1) is 12.7 Å². The molecule has 1 atom stereocenters. The van der Waals surface area contributed by atoms with Crippen molar-refractivity contribution in [2.24, 2.45) is 0 Å². The van der Waals surface area contributed by atoms with Crippen LogP contribution < -0.4 is 0 Å². The van der Waals surface area contributed by atoms with Gasteiger partial charge in [-0.2, -0.15) is 0 Å². The van der Waals surface area contributed by atoms with Crippen molar-refractivity contribution >= 4 is 0 Å². The average Bonchev–Trinajstić information content (AvgIpc) is 2.62. The molecular formula is C20H24FNO2. The van der Waals surface area contributed by atoms with Crippen molar-refractivity contribution in [2.45, 2.75) is 31.5 Å². The number of piperidine rings is 1. The van der Waals surface area contributed by atoms with Gasteiger partial charge in [0, 0.05) is 12.1 Å². The molecule has 0 radical (unpaired) electrons. The van der Waals surface area contributed by atoms with E-state index in [4.69, 9.17) is 0 Å². The van der Waals surface area contributed by atoms with Crippen molar-refractivity contribution in [1.29, 1.82) is 0 Å². The Bertz CT molecular complexity index is 668. The normalized spacial score (nSPS) is 17.8. The van der Waals surface area contributed by atoms with Crippen LogP contribution in [0.25, 0.3) is 0 Å². The Labute approximate surface area is 142 Å². The summed E-state index contributed by atoms with van der Waals surface area (Å²) < 4.78 is 13.8. The molecule has 1 aliphatic heterocycles. The van der Waals surface area contributed by atoms with E-state index in [0.717, 1.165) is 31.5 Å². The maximum absolute atomic E-state index is 13.8. The fourth-order valence-electron chi connectivity index (χ4n) is 3.59. The Morgan fingerprint density at radius 3 is 2.42 bits per heavy atom. The largest absolute Gasteiger partial charge is 0.392 e. The van der Waals surface area contributed by atoms with Crippen molar-refractivity contribution in [3.05, 3.63) is 71.0 Å². The number of likely N-dealkylation sites (tertiary alicyclic amines) is 1. The van der Waals surface area contributed by atoms with Crippen LogP contribution in [-0.4, -0.2) is 34.7 Å². The van der Waals surface area contributed by atoms with Gasteiger partial charge in [0.1, 0.15) is 5.82 Å². The standard InChI is InChI=1S/C20H24FNO2/c21-19-8-4-3-7-18(19)20(24)13-22-11-9-15(10-12-22)17-6-2-1-5-16(17)14-23/h1-8,15,20,23-24H,9-14H2. The minimum Gasteiger partial charge on any atom is -0.392 e. The second-order valence-electron chi connectivity index (χ2n) is 6.47. The van der Waals surface area contributed by atoms with Gasteiger partial charge in [0.2, 0.25) is 0 Å². The lowest BCUT2D eigenvalue weighted by molar-refractivity contribution is 0.0946. The summed E-state index contributed by atoms with van der Waals surface area (Å²) in [5.41, 5.74) is 2.60. The summed E-state index contributed by atoms with van der Waals surface area (Å²) in [6.45, 7) is 2.27. The van der Waals surface area contributed by atoms with E-state index in [-0.39, 0.29) is 12.4 Å². The lowest BCUT2D eigenvalue weighted by Crippen LogP contribution is -2.36. The molecule has 0 aromatic heterocycles. The monoisotopic (exact) mass is 329 g/mol. The Kier molecular flexibility index (Phi) is 5.61. The zero-order valence-corrected chi connectivity index (χ0v) is 13.7.